The van der Waals surface area contributed by atoms with E-state index in [1.54, 1.807) is 28.0 Å². The normalized spacial score (nSPS) is 10.9. The number of hydrogen-bond donors (Lipinski definition) is 0. The minimum absolute atomic E-state index is 0.337. The van der Waals surface area contributed by atoms with Crippen molar-refractivity contribution in [3.05, 3.63) is 64.4 Å². The van der Waals surface area contributed by atoms with Crippen LogP contribution in [0.2, 0.25) is 0 Å². The second kappa shape index (κ2) is 7.16. The van der Waals surface area contributed by atoms with Crippen LogP contribution < -0.4 is 4.90 Å². The average molecular weight is 379 g/mol. The summed E-state index contributed by atoms with van der Waals surface area (Å²) in [5.41, 5.74) is 3.30. The van der Waals surface area contributed by atoms with Crippen molar-refractivity contribution in [2.75, 3.05) is 19.1 Å². The average Bonchev–Trinajstić information content (AvgIpc) is 3.36. The molecule has 0 atom stereocenters. The maximum Gasteiger partial charge on any atom is 0.337 e. The molecule has 0 amide bonds. The third-order valence-corrected chi connectivity index (χ3v) is 4.90. The molecular weight excluding hydrogens is 362 g/mol. The van der Waals surface area contributed by atoms with Crippen LogP contribution in [0.5, 0.6) is 0 Å². The van der Waals surface area contributed by atoms with Gasteiger partial charge in [-0.1, -0.05) is 12.1 Å². The van der Waals surface area contributed by atoms with Gasteiger partial charge in [0.2, 0.25) is 0 Å². The smallest absolute Gasteiger partial charge is 0.337 e. The van der Waals surface area contributed by atoms with Gasteiger partial charge in [0.25, 0.3) is 0 Å². The molecule has 0 saturated heterocycles. The maximum absolute atomic E-state index is 11.5. The van der Waals surface area contributed by atoms with E-state index in [-0.39, 0.29) is 5.97 Å². The number of nitrogens with zero attached hydrogens (tertiary/aromatic N) is 5. The van der Waals surface area contributed by atoms with Crippen LogP contribution in [0.1, 0.15) is 15.9 Å². The number of thiophene rings is 1. The van der Waals surface area contributed by atoms with Crippen LogP contribution in [0.15, 0.2) is 53.2 Å². The summed E-state index contributed by atoms with van der Waals surface area (Å²) in [6.07, 6.45) is 0. The molecule has 3 heterocycles. The first kappa shape index (κ1) is 17.2. The Morgan fingerprint density at radius 3 is 2.67 bits per heavy atom. The zero-order valence-electron chi connectivity index (χ0n) is 14.9. The van der Waals surface area contributed by atoms with Crippen LogP contribution >= 0.6 is 11.3 Å². The highest BCUT2D eigenvalue weighted by Gasteiger charge is 2.12. The Morgan fingerprint density at radius 1 is 1.15 bits per heavy atom. The molecule has 0 aliphatic carbocycles. The SMILES string of the molecule is COC(=O)c1ccc(CN(C)c2ccc3nnc(-c4ccsc4)n3n2)cc1. The zero-order chi connectivity index (χ0) is 18.8. The molecule has 136 valence electrons. The van der Waals surface area contributed by atoms with Gasteiger partial charge < -0.3 is 9.64 Å². The molecule has 3 aromatic heterocycles. The summed E-state index contributed by atoms with van der Waals surface area (Å²) >= 11 is 1.61. The van der Waals surface area contributed by atoms with Gasteiger partial charge in [0.1, 0.15) is 5.82 Å². The number of carbonyl (C=O) groups excluding carboxylic acids is 1. The van der Waals surface area contributed by atoms with E-state index in [4.69, 9.17) is 9.84 Å². The quantitative estimate of drug-likeness (QED) is 0.496. The summed E-state index contributed by atoms with van der Waals surface area (Å²) in [6, 6.07) is 13.2. The van der Waals surface area contributed by atoms with E-state index >= 15 is 0 Å². The number of hydrogen-bond acceptors (Lipinski definition) is 7. The summed E-state index contributed by atoms with van der Waals surface area (Å²) in [5, 5.41) is 17.2. The number of aromatic nitrogens is 4. The molecule has 27 heavy (non-hydrogen) atoms. The Kier molecular flexibility index (Phi) is 4.55. The molecule has 0 aliphatic heterocycles. The van der Waals surface area contributed by atoms with Crippen molar-refractivity contribution in [2.45, 2.75) is 6.54 Å². The van der Waals surface area contributed by atoms with E-state index in [9.17, 15) is 4.79 Å². The summed E-state index contributed by atoms with van der Waals surface area (Å²) in [5.74, 6) is 1.19. The van der Waals surface area contributed by atoms with Gasteiger partial charge in [-0.15, -0.1) is 15.3 Å². The number of benzene rings is 1. The highest BCUT2D eigenvalue weighted by Crippen LogP contribution is 2.22. The molecule has 4 aromatic rings. The minimum atomic E-state index is -0.337. The molecule has 0 saturated carbocycles. The minimum Gasteiger partial charge on any atom is -0.465 e. The Balaban J connectivity index is 1.58. The lowest BCUT2D eigenvalue weighted by atomic mass is 10.1. The fourth-order valence-electron chi connectivity index (χ4n) is 2.77. The number of esters is 1. The van der Waals surface area contributed by atoms with E-state index in [0.717, 1.165) is 22.8 Å². The fraction of sp³-hybridized carbons (Fsp3) is 0.158. The van der Waals surface area contributed by atoms with Gasteiger partial charge in [-0.2, -0.15) is 15.9 Å². The van der Waals surface area contributed by atoms with Crippen LogP contribution in [0, 0.1) is 0 Å². The van der Waals surface area contributed by atoms with E-state index in [2.05, 4.69) is 10.2 Å². The van der Waals surface area contributed by atoms with Gasteiger partial charge in [-0.3, -0.25) is 0 Å². The van der Waals surface area contributed by atoms with E-state index in [1.807, 2.05) is 53.0 Å². The van der Waals surface area contributed by atoms with Crippen molar-refractivity contribution in [3.8, 4) is 11.4 Å². The third kappa shape index (κ3) is 3.39. The molecule has 8 heteroatoms. The van der Waals surface area contributed by atoms with Crippen LogP contribution in [-0.2, 0) is 11.3 Å². The largest absolute Gasteiger partial charge is 0.465 e. The Labute approximate surface area is 159 Å². The maximum atomic E-state index is 11.5. The van der Waals surface area contributed by atoms with Crippen LogP contribution in [-0.4, -0.2) is 39.9 Å². The molecule has 0 unspecified atom stereocenters. The lowest BCUT2D eigenvalue weighted by Gasteiger charge is -2.18. The van der Waals surface area contributed by atoms with Crippen molar-refractivity contribution >= 4 is 28.8 Å². The van der Waals surface area contributed by atoms with E-state index in [0.29, 0.717) is 17.8 Å². The Bertz CT molecular complexity index is 1070. The van der Waals surface area contributed by atoms with Crippen molar-refractivity contribution in [2.24, 2.45) is 0 Å². The molecule has 7 nitrogen and oxygen atoms in total. The van der Waals surface area contributed by atoms with Crippen molar-refractivity contribution < 1.29 is 9.53 Å². The number of rotatable bonds is 5. The van der Waals surface area contributed by atoms with Crippen molar-refractivity contribution in [1.29, 1.82) is 0 Å². The first-order valence-corrected chi connectivity index (χ1v) is 9.23. The van der Waals surface area contributed by atoms with Crippen molar-refractivity contribution in [3.63, 3.8) is 0 Å². The number of fused-ring (bicyclic) bond motifs is 1. The highest BCUT2D eigenvalue weighted by molar-refractivity contribution is 7.08. The number of carbonyl (C=O) groups is 1. The monoisotopic (exact) mass is 379 g/mol. The Hall–Kier alpha value is -3.26. The molecule has 4 rings (SSSR count). The van der Waals surface area contributed by atoms with Gasteiger partial charge >= 0.3 is 5.97 Å². The Morgan fingerprint density at radius 2 is 1.96 bits per heavy atom. The first-order valence-electron chi connectivity index (χ1n) is 8.29. The topological polar surface area (TPSA) is 72.6 Å². The predicted octanol–water partition coefficient (Wildman–Crippen LogP) is 3.28. The second-order valence-corrected chi connectivity index (χ2v) is 6.82. The van der Waals surface area contributed by atoms with Crippen LogP contribution in [0.4, 0.5) is 5.82 Å². The number of ether oxygens (including phenoxy) is 1. The molecule has 0 spiro atoms. The fourth-order valence-corrected chi connectivity index (χ4v) is 3.41. The van der Waals surface area contributed by atoms with Gasteiger partial charge in [-0.25, -0.2) is 4.79 Å². The molecule has 0 radical (unpaired) electrons. The first-order chi connectivity index (χ1) is 13.2. The molecular formula is C19H17N5O2S. The molecule has 0 aliphatic rings. The summed E-state index contributed by atoms with van der Waals surface area (Å²) in [7, 11) is 3.35. The van der Waals surface area contributed by atoms with E-state index in [1.165, 1.54) is 7.11 Å². The number of methoxy groups -OCH3 is 1. The number of anilines is 1. The molecule has 0 fully saturated rings. The second-order valence-electron chi connectivity index (χ2n) is 6.04. The van der Waals surface area contributed by atoms with Gasteiger partial charge in [0, 0.05) is 24.5 Å². The highest BCUT2D eigenvalue weighted by atomic mass is 32.1. The van der Waals surface area contributed by atoms with Gasteiger partial charge in [0.05, 0.1) is 12.7 Å². The summed E-state index contributed by atoms with van der Waals surface area (Å²) in [6.45, 7) is 0.649. The van der Waals surface area contributed by atoms with Crippen LogP contribution in [0.25, 0.3) is 17.0 Å². The molecule has 0 bridgehead atoms. The van der Waals surface area contributed by atoms with Crippen molar-refractivity contribution in [1.82, 2.24) is 19.8 Å². The lowest BCUT2D eigenvalue weighted by Crippen LogP contribution is -2.18. The standard InChI is InChI=1S/C19H17N5O2S/c1-23(11-13-3-5-14(6-4-13)19(25)26-2)17-8-7-16-20-21-18(24(16)22-17)15-9-10-27-12-15/h3-10,12H,11H2,1-2H3. The zero-order valence-corrected chi connectivity index (χ0v) is 15.7. The van der Waals surface area contributed by atoms with E-state index < -0.39 is 0 Å². The molecule has 0 N–H and O–H groups in total. The lowest BCUT2D eigenvalue weighted by molar-refractivity contribution is 0.0600. The molecule has 1 aromatic carbocycles. The summed E-state index contributed by atoms with van der Waals surface area (Å²) < 4.78 is 6.49. The van der Waals surface area contributed by atoms with Gasteiger partial charge in [0.15, 0.2) is 11.5 Å². The third-order valence-electron chi connectivity index (χ3n) is 4.21. The van der Waals surface area contributed by atoms with Crippen LogP contribution in [0.3, 0.4) is 0 Å². The summed E-state index contributed by atoms with van der Waals surface area (Å²) in [4.78, 5) is 13.6. The predicted molar refractivity (Wildman–Crippen MR) is 104 cm³/mol. The van der Waals surface area contributed by atoms with Gasteiger partial charge in [-0.05, 0) is 41.3 Å².